The Balaban J connectivity index is 2.07. The summed E-state index contributed by atoms with van der Waals surface area (Å²) in [6.07, 6.45) is 1.15. The molecule has 0 aliphatic carbocycles. The molecule has 3 nitrogen and oxygen atoms in total. The Morgan fingerprint density at radius 3 is 2.67 bits per heavy atom. The number of amides is 1. The van der Waals surface area contributed by atoms with Gasteiger partial charge in [-0.1, -0.05) is 22.9 Å². The summed E-state index contributed by atoms with van der Waals surface area (Å²) in [5.74, 6) is 0.611. The van der Waals surface area contributed by atoms with E-state index in [1.807, 2.05) is 29.2 Å². The van der Waals surface area contributed by atoms with Gasteiger partial charge in [-0.2, -0.15) is 0 Å². The van der Waals surface area contributed by atoms with Gasteiger partial charge in [0.1, 0.15) is 0 Å². The number of carbonyl (C=O) groups is 1. The van der Waals surface area contributed by atoms with Gasteiger partial charge in [-0.15, -0.1) is 0 Å². The van der Waals surface area contributed by atoms with Gasteiger partial charge >= 0.3 is 0 Å². The molecular weight excluding hydrogens is 294 g/mol. The highest BCUT2D eigenvalue weighted by Crippen LogP contribution is 2.21. The minimum Gasteiger partial charge on any atom is -0.379 e. The molecule has 1 aliphatic rings. The van der Waals surface area contributed by atoms with Gasteiger partial charge in [0.25, 0.3) is 5.91 Å². The molecule has 2 rings (SSSR count). The molecular formula is C14H18BrNO2. The second-order valence-corrected chi connectivity index (χ2v) is 5.71. The molecule has 1 heterocycles. The molecule has 2 atom stereocenters. The number of hydrogen-bond acceptors (Lipinski definition) is 2. The Bertz CT molecular complexity index is 418. The van der Waals surface area contributed by atoms with Crippen molar-refractivity contribution in [3.8, 4) is 0 Å². The highest BCUT2D eigenvalue weighted by molar-refractivity contribution is 9.10. The van der Waals surface area contributed by atoms with Crippen LogP contribution < -0.4 is 0 Å². The predicted molar refractivity (Wildman–Crippen MR) is 74.6 cm³/mol. The number of ether oxygens (including phenoxy) is 1. The van der Waals surface area contributed by atoms with Gasteiger partial charge in [0.2, 0.25) is 0 Å². The van der Waals surface area contributed by atoms with Crippen molar-refractivity contribution >= 4 is 21.8 Å². The Morgan fingerprint density at radius 2 is 2.06 bits per heavy atom. The van der Waals surface area contributed by atoms with Gasteiger partial charge in [-0.05, 0) is 36.6 Å². The molecule has 4 heteroatoms. The number of likely N-dealkylation sites (tertiary alicyclic amines) is 1. The third-order valence-electron chi connectivity index (χ3n) is 3.57. The van der Waals surface area contributed by atoms with Crippen molar-refractivity contribution in [1.82, 2.24) is 4.90 Å². The van der Waals surface area contributed by atoms with E-state index in [1.165, 1.54) is 0 Å². The molecule has 0 radical (unpaired) electrons. The Labute approximate surface area is 116 Å². The minimum atomic E-state index is 0.0939. The van der Waals surface area contributed by atoms with E-state index in [9.17, 15) is 4.79 Å². The van der Waals surface area contributed by atoms with Crippen molar-refractivity contribution < 1.29 is 9.53 Å². The Hall–Kier alpha value is -0.870. The summed E-state index contributed by atoms with van der Waals surface area (Å²) in [6.45, 7) is 3.68. The van der Waals surface area contributed by atoms with Crippen molar-refractivity contribution in [1.29, 1.82) is 0 Å². The molecule has 2 unspecified atom stereocenters. The first-order valence-electron chi connectivity index (χ1n) is 6.19. The van der Waals surface area contributed by atoms with Crippen molar-refractivity contribution in [2.75, 3.05) is 20.2 Å². The first-order valence-corrected chi connectivity index (χ1v) is 6.98. The number of carbonyl (C=O) groups excluding carboxylic acids is 1. The Morgan fingerprint density at radius 1 is 1.39 bits per heavy atom. The maximum atomic E-state index is 12.3. The van der Waals surface area contributed by atoms with Gasteiger partial charge in [-0.3, -0.25) is 4.79 Å². The topological polar surface area (TPSA) is 29.5 Å². The zero-order valence-electron chi connectivity index (χ0n) is 10.7. The summed E-state index contributed by atoms with van der Waals surface area (Å²) in [7, 11) is 1.72. The van der Waals surface area contributed by atoms with E-state index < -0.39 is 0 Å². The monoisotopic (exact) mass is 311 g/mol. The normalized spacial score (nSPS) is 24.1. The highest BCUT2D eigenvalue weighted by atomic mass is 79.9. The van der Waals surface area contributed by atoms with E-state index in [1.54, 1.807) is 7.11 Å². The summed E-state index contributed by atoms with van der Waals surface area (Å²) in [6, 6.07) is 7.50. The second kappa shape index (κ2) is 5.85. The van der Waals surface area contributed by atoms with E-state index in [4.69, 9.17) is 4.74 Å². The first kappa shape index (κ1) is 13.6. The smallest absolute Gasteiger partial charge is 0.253 e. The van der Waals surface area contributed by atoms with E-state index in [0.717, 1.165) is 23.0 Å². The lowest BCUT2D eigenvalue weighted by atomic mass is 9.95. The van der Waals surface area contributed by atoms with Crippen LogP contribution >= 0.6 is 15.9 Å². The minimum absolute atomic E-state index is 0.0939. The molecule has 0 saturated carbocycles. The molecule has 1 aliphatic heterocycles. The van der Waals surface area contributed by atoms with E-state index in [2.05, 4.69) is 22.9 Å². The first-order chi connectivity index (χ1) is 8.61. The maximum absolute atomic E-state index is 12.3. The van der Waals surface area contributed by atoms with Crippen molar-refractivity contribution in [2.24, 2.45) is 5.92 Å². The van der Waals surface area contributed by atoms with E-state index >= 15 is 0 Å². The number of methoxy groups -OCH3 is 1. The Kier molecular flexibility index (Phi) is 4.40. The molecule has 1 saturated heterocycles. The van der Waals surface area contributed by atoms with Crippen LogP contribution in [0.15, 0.2) is 28.7 Å². The fourth-order valence-corrected chi connectivity index (χ4v) is 2.56. The summed E-state index contributed by atoms with van der Waals surface area (Å²) >= 11 is 3.37. The quantitative estimate of drug-likeness (QED) is 0.840. The maximum Gasteiger partial charge on any atom is 0.253 e. The molecule has 1 amide bonds. The zero-order chi connectivity index (χ0) is 13.1. The van der Waals surface area contributed by atoms with Gasteiger partial charge in [0, 0.05) is 30.2 Å². The number of rotatable bonds is 2. The fourth-order valence-electron chi connectivity index (χ4n) is 2.30. The number of hydrogen-bond donors (Lipinski definition) is 0. The summed E-state index contributed by atoms with van der Waals surface area (Å²) in [5.41, 5.74) is 0.739. The number of benzene rings is 1. The van der Waals surface area contributed by atoms with Crippen molar-refractivity contribution in [3.63, 3.8) is 0 Å². The van der Waals surface area contributed by atoms with Gasteiger partial charge in [-0.25, -0.2) is 0 Å². The van der Waals surface area contributed by atoms with Crippen LogP contribution in [-0.2, 0) is 4.74 Å². The molecule has 0 aromatic heterocycles. The van der Waals surface area contributed by atoms with Gasteiger partial charge < -0.3 is 9.64 Å². The third-order valence-corrected chi connectivity index (χ3v) is 4.10. The van der Waals surface area contributed by atoms with Crippen LogP contribution in [-0.4, -0.2) is 37.1 Å². The lowest BCUT2D eigenvalue weighted by molar-refractivity contribution is -0.00156. The molecule has 1 aromatic carbocycles. The largest absolute Gasteiger partial charge is 0.379 e. The fraction of sp³-hybridized carbons (Fsp3) is 0.500. The molecule has 98 valence electrons. The van der Waals surface area contributed by atoms with Crippen LogP contribution in [0.2, 0.25) is 0 Å². The highest BCUT2D eigenvalue weighted by Gasteiger charge is 2.29. The standard InChI is InChI=1S/C14H18BrNO2/c1-10-7-8-16(9-13(10)18-2)14(17)11-3-5-12(15)6-4-11/h3-6,10,13H,7-9H2,1-2H3. The molecule has 1 aromatic rings. The van der Waals surface area contributed by atoms with Crippen LogP contribution in [0.1, 0.15) is 23.7 Å². The van der Waals surface area contributed by atoms with E-state index in [-0.39, 0.29) is 12.0 Å². The number of nitrogens with zero attached hydrogens (tertiary/aromatic N) is 1. The van der Waals surface area contributed by atoms with Crippen LogP contribution in [0.3, 0.4) is 0 Å². The van der Waals surface area contributed by atoms with Gasteiger partial charge in [0.15, 0.2) is 0 Å². The van der Waals surface area contributed by atoms with Crippen LogP contribution in [0.4, 0.5) is 0 Å². The molecule has 1 fully saturated rings. The van der Waals surface area contributed by atoms with Gasteiger partial charge in [0.05, 0.1) is 6.10 Å². The van der Waals surface area contributed by atoms with Crippen LogP contribution in [0, 0.1) is 5.92 Å². The second-order valence-electron chi connectivity index (χ2n) is 4.80. The summed E-state index contributed by atoms with van der Waals surface area (Å²) in [5, 5.41) is 0. The molecule has 0 bridgehead atoms. The molecule has 18 heavy (non-hydrogen) atoms. The molecule has 0 spiro atoms. The van der Waals surface area contributed by atoms with Crippen molar-refractivity contribution in [2.45, 2.75) is 19.4 Å². The average Bonchev–Trinajstić information content (AvgIpc) is 2.39. The molecule has 0 N–H and O–H groups in total. The van der Waals surface area contributed by atoms with Crippen LogP contribution in [0.25, 0.3) is 0 Å². The number of halogens is 1. The summed E-state index contributed by atoms with van der Waals surface area (Å²) < 4.78 is 6.42. The summed E-state index contributed by atoms with van der Waals surface area (Å²) in [4.78, 5) is 14.2. The van der Waals surface area contributed by atoms with Crippen molar-refractivity contribution in [3.05, 3.63) is 34.3 Å². The number of piperidine rings is 1. The van der Waals surface area contributed by atoms with E-state index in [0.29, 0.717) is 12.5 Å². The average molecular weight is 312 g/mol. The SMILES string of the molecule is COC1CN(C(=O)c2ccc(Br)cc2)CCC1C. The zero-order valence-corrected chi connectivity index (χ0v) is 12.3. The predicted octanol–water partition coefficient (Wildman–Crippen LogP) is 2.95. The van der Waals surface area contributed by atoms with Crippen LogP contribution in [0.5, 0.6) is 0 Å². The lowest BCUT2D eigenvalue weighted by Crippen LogP contribution is -2.46. The third kappa shape index (κ3) is 2.93. The lowest BCUT2D eigenvalue weighted by Gasteiger charge is -2.36.